The van der Waals surface area contributed by atoms with Gasteiger partial charge >= 0.3 is 6.18 Å². The van der Waals surface area contributed by atoms with E-state index in [-0.39, 0.29) is 37.3 Å². The molecule has 0 unspecified atom stereocenters. The summed E-state index contributed by atoms with van der Waals surface area (Å²) in [6, 6.07) is 9.16. The molecule has 0 aromatic heterocycles. The summed E-state index contributed by atoms with van der Waals surface area (Å²) in [6.07, 6.45) is -4.43. The average molecular weight is 440 g/mol. The van der Waals surface area contributed by atoms with E-state index >= 15 is 0 Å². The van der Waals surface area contributed by atoms with E-state index in [9.17, 15) is 22.4 Å². The van der Waals surface area contributed by atoms with Crippen molar-refractivity contribution in [3.8, 4) is 5.75 Å². The fourth-order valence-corrected chi connectivity index (χ4v) is 3.42. The molecule has 1 N–H and O–H groups in total. The third kappa shape index (κ3) is 5.95. The van der Waals surface area contributed by atoms with Gasteiger partial charge in [-0.15, -0.1) is 0 Å². The molecule has 0 aliphatic carbocycles. The Morgan fingerprint density at radius 1 is 1.23 bits per heavy atom. The molecule has 0 saturated carbocycles. The summed E-state index contributed by atoms with van der Waals surface area (Å²) in [5.74, 6) is -0.450. The molecule has 31 heavy (non-hydrogen) atoms. The predicted octanol–water partition coefficient (Wildman–Crippen LogP) is 3.31. The van der Waals surface area contributed by atoms with Crippen LogP contribution in [0.15, 0.2) is 42.5 Å². The summed E-state index contributed by atoms with van der Waals surface area (Å²) < 4.78 is 58.2. The van der Waals surface area contributed by atoms with Gasteiger partial charge in [-0.25, -0.2) is 4.39 Å². The minimum atomic E-state index is -4.43. The first-order valence-corrected chi connectivity index (χ1v) is 9.83. The normalized spacial score (nSPS) is 14.9. The van der Waals surface area contributed by atoms with Gasteiger partial charge in [0.25, 0.3) is 0 Å². The first-order chi connectivity index (χ1) is 14.7. The molecular formula is C22H24F4N2O3. The number of aliphatic hydroxyl groups is 1. The number of aliphatic hydroxyl groups excluding tert-OH is 1. The van der Waals surface area contributed by atoms with Crippen molar-refractivity contribution in [3.63, 3.8) is 0 Å². The van der Waals surface area contributed by atoms with Crippen molar-refractivity contribution in [2.24, 2.45) is 5.92 Å². The molecule has 2 aromatic carbocycles. The van der Waals surface area contributed by atoms with Crippen LogP contribution in [0.5, 0.6) is 5.75 Å². The molecule has 1 aliphatic rings. The number of carbonyl (C=O) groups is 1. The highest BCUT2D eigenvalue weighted by atomic mass is 19.4. The number of likely N-dealkylation sites (N-methyl/N-ethyl adjacent to an activating group) is 1. The van der Waals surface area contributed by atoms with Gasteiger partial charge in [-0.2, -0.15) is 13.2 Å². The van der Waals surface area contributed by atoms with Gasteiger partial charge < -0.3 is 14.7 Å². The van der Waals surface area contributed by atoms with Crippen LogP contribution in [0.3, 0.4) is 0 Å². The van der Waals surface area contributed by atoms with Crippen molar-refractivity contribution in [1.82, 2.24) is 9.80 Å². The number of hydrogen-bond acceptors (Lipinski definition) is 4. The van der Waals surface area contributed by atoms with Crippen molar-refractivity contribution in [2.75, 3.05) is 33.3 Å². The number of carbonyl (C=O) groups excluding carboxylic acids is 1. The SMILES string of the molecule is CN(CCO)C(=O)C1CN(Cc2ccc(OCc3cccc(C(F)(F)F)c3)cc2F)C1. The maximum absolute atomic E-state index is 14.4. The van der Waals surface area contributed by atoms with Crippen molar-refractivity contribution >= 4 is 5.91 Å². The maximum atomic E-state index is 14.4. The predicted molar refractivity (Wildman–Crippen MR) is 106 cm³/mol. The molecule has 2 aromatic rings. The molecule has 0 spiro atoms. The Labute approximate surface area is 177 Å². The maximum Gasteiger partial charge on any atom is 0.416 e. The number of hydrogen-bond donors (Lipinski definition) is 1. The number of halogens is 4. The van der Waals surface area contributed by atoms with Crippen LogP contribution in [-0.4, -0.2) is 54.1 Å². The number of nitrogens with zero attached hydrogens (tertiary/aromatic N) is 2. The number of rotatable bonds is 8. The molecule has 1 aliphatic heterocycles. The summed E-state index contributed by atoms with van der Waals surface area (Å²) in [5.41, 5.74) is 0.0202. The van der Waals surface area contributed by atoms with E-state index in [4.69, 9.17) is 9.84 Å². The quantitative estimate of drug-likeness (QED) is 0.640. The lowest BCUT2D eigenvalue weighted by molar-refractivity contribution is -0.140. The van der Waals surface area contributed by atoms with Crippen LogP contribution >= 0.6 is 0 Å². The Morgan fingerprint density at radius 2 is 1.97 bits per heavy atom. The van der Waals surface area contributed by atoms with Gasteiger partial charge in [-0.05, 0) is 23.8 Å². The number of ether oxygens (including phenoxy) is 1. The van der Waals surface area contributed by atoms with Gasteiger partial charge in [0, 0.05) is 44.9 Å². The van der Waals surface area contributed by atoms with E-state index < -0.39 is 17.6 Å². The summed E-state index contributed by atoms with van der Waals surface area (Å²) in [5, 5.41) is 8.90. The van der Waals surface area contributed by atoms with Gasteiger partial charge in [-0.1, -0.05) is 18.2 Å². The average Bonchev–Trinajstić information content (AvgIpc) is 2.69. The molecule has 168 valence electrons. The molecule has 1 saturated heterocycles. The van der Waals surface area contributed by atoms with E-state index in [0.29, 0.717) is 30.8 Å². The molecule has 0 atom stereocenters. The Balaban J connectivity index is 1.51. The highest BCUT2D eigenvalue weighted by Gasteiger charge is 2.34. The first kappa shape index (κ1) is 23.0. The zero-order valence-electron chi connectivity index (χ0n) is 17.0. The number of alkyl halides is 3. The van der Waals surface area contributed by atoms with Crippen molar-refractivity contribution in [3.05, 3.63) is 65.0 Å². The lowest BCUT2D eigenvalue weighted by Gasteiger charge is -2.39. The van der Waals surface area contributed by atoms with E-state index in [1.54, 1.807) is 19.2 Å². The van der Waals surface area contributed by atoms with Crippen molar-refractivity contribution < 1.29 is 32.2 Å². The largest absolute Gasteiger partial charge is 0.489 e. The summed E-state index contributed by atoms with van der Waals surface area (Å²) in [6.45, 7) is 1.45. The van der Waals surface area contributed by atoms with Gasteiger partial charge in [-0.3, -0.25) is 9.69 Å². The van der Waals surface area contributed by atoms with Crippen LogP contribution in [0.1, 0.15) is 16.7 Å². The fraction of sp³-hybridized carbons (Fsp3) is 0.409. The number of benzene rings is 2. The fourth-order valence-electron chi connectivity index (χ4n) is 3.42. The van der Waals surface area contributed by atoms with Gasteiger partial charge in [0.05, 0.1) is 18.1 Å². The third-order valence-corrected chi connectivity index (χ3v) is 5.20. The molecule has 3 rings (SSSR count). The molecular weight excluding hydrogens is 416 g/mol. The lowest BCUT2D eigenvalue weighted by atomic mass is 9.97. The number of likely N-dealkylation sites (tertiary alicyclic amines) is 1. The minimum absolute atomic E-state index is 0.0379. The van der Waals surface area contributed by atoms with Crippen LogP contribution in [-0.2, 0) is 24.1 Å². The molecule has 1 fully saturated rings. The third-order valence-electron chi connectivity index (χ3n) is 5.20. The van der Waals surface area contributed by atoms with Gasteiger partial charge in [0.1, 0.15) is 18.2 Å². The second-order valence-corrected chi connectivity index (χ2v) is 7.61. The van der Waals surface area contributed by atoms with Gasteiger partial charge in [0.2, 0.25) is 5.91 Å². The monoisotopic (exact) mass is 440 g/mol. The molecule has 0 radical (unpaired) electrons. The zero-order valence-corrected chi connectivity index (χ0v) is 17.0. The Bertz CT molecular complexity index is 914. The molecule has 0 bridgehead atoms. The molecule has 1 amide bonds. The van der Waals surface area contributed by atoms with Gasteiger partial charge in [0.15, 0.2) is 0 Å². The highest BCUT2D eigenvalue weighted by molar-refractivity contribution is 5.79. The summed E-state index contributed by atoms with van der Waals surface area (Å²) in [7, 11) is 1.64. The zero-order chi connectivity index (χ0) is 22.6. The van der Waals surface area contributed by atoms with E-state index in [1.165, 1.54) is 23.1 Å². The van der Waals surface area contributed by atoms with E-state index in [2.05, 4.69) is 0 Å². The smallest absolute Gasteiger partial charge is 0.416 e. The Kier molecular flexibility index (Phi) is 7.17. The summed E-state index contributed by atoms with van der Waals surface area (Å²) >= 11 is 0. The molecule has 9 heteroatoms. The lowest BCUT2D eigenvalue weighted by Crippen LogP contribution is -2.53. The molecule has 5 nitrogen and oxygen atoms in total. The highest BCUT2D eigenvalue weighted by Crippen LogP contribution is 2.30. The van der Waals surface area contributed by atoms with Crippen LogP contribution in [0.4, 0.5) is 17.6 Å². The minimum Gasteiger partial charge on any atom is -0.489 e. The standard InChI is InChI=1S/C22H24F4N2O3/c1-27(7-8-29)21(30)17-12-28(13-17)11-16-5-6-19(10-20(16)23)31-14-15-3-2-4-18(9-15)22(24,25)26/h2-6,9-10,17,29H,7-8,11-14H2,1H3. The second-order valence-electron chi connectivity index (χ2n) is 7.61. The Morgan fingerprint density at radius 3 is 2.61 bits per heavy atom. The van der Waals surface area contributed by atoms with Crippen molar-refractivity contribution in [2.45, 2.75) is 19.3 Å². The van der Waals surface area contributed by atoms with Crippen molar-refractivity contribution in [1.29, 1.82) is 0 Å². The van der Waals surface area contributed by atoms with Crippen LogP contribution in [0.25, 0.3) is 0 Å². The van der Waals surface area contributed by atoms with E-state index in [0.717, 1.165) is 12.1 Å². The van der Waals surface area contributed by atoms with Crippen LogP contribution < -0.4 is 4.74 Å². The molecule has 1 heterocycles. The summed E-state index contributed by atoms with van der Waals surface area (Å²) in [4.78, 5) is 15.6. The second kappa shape index (κ2) is 9.65. The Hall–Kier alpha value is -2.65. The van der Waals surface area contributed by atoms with E-state index in [1.807, 2.05) is 4.90 Å². The van der Waals surface area contributed by atoms with Crippen LogP contribution in [0, 0.1) is 11.7 Å². The first-order valence-electron chi connectivity index (χ1n) is 9.83. The topological polar surface area (TPSA) is 53.0 Å². The van der Waals surface area contributed by atoms with Crippen LogP contribution in [0.2, 0.25) is 0 Å². The number of amides is 1.